The summed E-state index contributed by atoms with van der Waals surface area (Å²) in [6.45, 7) is 3.99. The minimum Gasteiger partial charge on any atom is -0.504 e. The number of hydrogen-bond donors (Lipinski definition) is 2. The van der Waals surface area contributed by atoms with E-state index in [9.17, 15) is 9.90 Å². The molecule has 0 spiro atoms. The van der Waals surface area contributed by atoms with E-state index >= 15 is 0 Å². The monoisotopic (exact) mass is 437 g/mol. The highest BCUT2D eigenvalue weighted by Crippen LogP contribution is 2.22. The zero-order chi connectivity index (χ0) is 17.3. The van der Waals surface area contributed by atoms with Crippen LogP contribution in [0.3, 0.4) is 0 Å². The van der Waals surface area contributed by atoms with Crippen LogP contribution < -0.4 is 5.32 Å². The minimum absolute atomic E-state index is 0.0352. The summed E-state index contributed by atoms with van der Waals surface area (Å²) >= 11 is 2.18. The van der Waals surface area contributed by atoms with Gasteiger partial charge in [0.25, 0.3) is 5.91 Å². The number of rotatable bonds is 4. The lowest BCUT2D eigenvalue weighted by Crippen LogP contribution is -2.13. The number of carbonyl (C=O) groups is 1. The van der Waals surface area contributed by atoms with Crippen molar-refractivity contribution in [3.63, 3.8) is 0 Å². The van der Waals surface area contributed by atoms with Crippen molar-refractivity contribution in [2.24, 2.45) is 0 Å². The smallest absolute Gasteiger partial charge is 0.280 e. The van der Waals surface area contributed by atoms with Crippen LogP contribution in [0.15, 0.2) is 42.9 Å². The lowest BCUT2D eigenvalue weighted by Gasteiger charge is -2.04. The van der Waals surface area contributed by atoms with Gasteiger partial charge < -0.3 is 10.4 Å². The molecule has 0 bridgehead atoms. The average Bonchev–Trinajstić information content (AvgIpc) is 3.14. The Bertz CT molecular complexity index is 884. The fraction of sp³-hybridized carbons (Fsp3) is 0.188. The fourth-order valence-corrected chi connectivity index (χ4v) is 2.80. The number of nitrogens with zero attached hydrogens (tertiary/aromatic N) is 4. The van der Waals surface area contributed by atoms with E-state index in [4.69, 9.17) is 0 Å². The second-order valence-corrected chi connectivity index (χ2v) is 6.68. The zero-order valence-electron chi connectivity index (χ0n) is 13.1. The van der Waals surface area contributed by atoms with Crippen LogP contribution in [-0.2, 0) is 0 Å². The number of halogens is 1. The van der Waals surface area contributed by atoms with Crippen LogP contribution in [0.5, 0.6) is 5.75 Å². The Hall–Kier alpha value is -2.36. The third-order valence-corrected chi connectivity index (χ3v) is 4.31. The summed E-state index contributed by atoms with van der Waals surface area (Å²) in [5.74, 6) is -0.663. The fourth-order valence-electron chi connectivity index (χ4n) is 2.16. The zero-order valence-corrected chi connectivity index (χ0v) is 15.3. The molecule has 2 aromatic heterocycles. The van der Waals surface area contributed by atoms with Crippen molar-refractivity contribution >= 4 is 34.2 Å². The highest BCUT2D eigenvalue weighted by Gasteiger charge is 2.18. The average molecular weight is 437 g/mol. The van der Waals surface area contributed by atoms with Gasteiger partial charge in [-0.3, -0.25) is 9.48 Å². The highest BCUT2D eigenvalue weighted by molar-refractivity contribution is 14.1. The third-order valence-electron chi connectivity index (χ3n) is 3.40. The summed E-state index contributed by atoms with van der Waals surface area (Å²) in [6.07, 6.45) is 4.72. The molecule has 2 N–H and O–H groups in total. The Morgan fingerprint density at radius 2 is 2.04 bits per heavy atom. The van der Waals surface area contributed by atoms with E-state index in [1.165, 1.54) is 10.9 Å². The van der Waals surface area contributed by atoms with Crippen molar-refractivity contribution in [1.82, 2.24) is 19.6 Å². The molecule has 7 nitrogen and oxygen atoms in total. The molecule has 0 aliphatic heterocycles. The molecule has 1 amide bonds. The molecule has 0 saturated carbocycles. The van der Waals surface area contributed by atoms with Gasteiger partial charge in [0.15, 0.2) is 11.4 Å². The first-order chi connectivity index (χ1) is 11.5. The second kappa shape index (κ2) is 6.63. The molecular formula is C16H16IN5O2. The maximum Gasteiger partial charge on any atom is 0.280 e. The van der Waals surface area contributed by atoms with Gasteiger partial charge in [0.2, 0.25) is 0 Å². The van der Waals surface area contributed by atoms with E-state index < -0.39 is 5.91 Å². The first-order valence-corrected chi connectivity index (χ1v) is 8.42. The molecule has 0 aliphatic rings. The van der Waals surface area contributed by atoms with E-state index in [0.29, 0.717) is 5.69 Å². The van der Waals surface area contributed by atoms with Gasteiger partial charge in [-0.05, 0) is 48.6 Å². The summed E-state index contributed by atoms with van der Waals surface area (Å²) in [5.41, 5.74) is 1.31. The van der Waals surface area contributed by atoms with E-state index in [1.807, 2.05) is 38.1 Å². The van der Waals surface area contributed by atoms with Gasteiger partial charge in [0.05, 0.1) is 23.8 Å². The number of carbonyl (C=O) groups excluding carboxylic acids is 1. The molecule has 0 radical (unpaired) electrons. The quantitative estimate of drug-likeness (QED) is 0.614. The molecule has 0 saturated heterocycles. The van der Waals surface area contributed by atoms with Crippen molar-refractivity contribution in [2.45, 2.75) is 19.9 Å². The lowest BCUT2D eigenvalue weighted by molar-refractivity contribution is 0.101. The number of aromatic hydroxyl groups is 1. The van der Waals surface area contributed by atoms with Gasteiger partial charge in [-0.15, -0.1) is 0 Å². The number of para-hydroxylation sites is 1. The molecule has 3 aromatic rings. The molecule has 0 fully saturated rings. The SMILES string of the molecule is CC(C)n1cc(NC(=O)c2nn(-c3ccccc3I)cc2O)cn1. The molecule has 0 atom stereocenters. The summed E-state index contributed by atoms with van der Waals surface area (Å²) in [4.78, 5) is 12.4. The first-order valence-electron chi connectivity index (χ1n) is 7.34. The number of nitrogens with one attached hydrogen (secondary N) is 1. The van der Waals surface area contributed by atoms with Crippen molar-refractivity contribution in [2.75, 3.05) is 5.32 Å². The van der Waals surface area contributed by atoms with Gasteiger partial charge >= 0.3 is 0 Å². The van der Waals surface area contributed by atoms with E-state index in [-0.39, 0.29) is 17.5 Å². The van der Waals surface area contributed by atoms with Crippen LogP contribution in [0.4, 0.5) is 5.69 Å². The molecule has 0 unspecified atom stereocenters. The molecule has 0 aliphatic carbocycles. The van der Waals surface area contributed by atoms with Crippen LogP contribution in [-0.4, -0.2) is 30.6 Å². The van der Waals surface area contributed by atoms with Crippen LogP contribution in [0.25, 0.3) is 5.69 Å². The van der Waals surface area contributed by atoms with E-state index in [0.717, 1.165) is 9.26 Å². The van der Waals surface area contributed by atoms with Crippen LogP contribution in [0, 0.1) is 3.57 Å². The van der Waals surface area contributed by atoms with E-state index in [2.05, 4.69) is 38.1 Å². The molecule has 124 valence electrons. The number of anilines is 1. The van der Waals surface area contributed by atoms with Crippen LogP contribution >= 0.6 is 22.6 Å². The number of benzene rings is 1. The Balaban J connectivity index is 1.84. The summed E-state index contributed by atoms with van der Waals surface area (Å²) < 4.78 is 4.19. The normalized spacial score (nSPS) is 11.0. The Labute approximate surface area is 152 Å². The molecule has 24 heavy (non-hydrogen) atoms. The van der Waals surface area contributed by atoms with Crippen molar-refractivity contribution in [3.8, 4) is 11.4 Å². The molecule has 3 rings (SSSR count). The van der Waals surface area contributed by atoms with Crippen molar-refractivity contribution in [3.05, 3.63) is 52.1 Å². The predicted molar refractivity (Wildman–Crippen MR) is 98.5 cm³/mol. The van der Waals surface area contributed by atoms with Gasteiger partial charge in [-0.1, -0.05) is 12.1 Å². The minimum atomic E-state index is -0.486. The Morgan fingerprint density at radius 1 is 1.29 bits per heavy atom. The maximum atomic E-state index is 12.4. The van der Waals surface area contributed by atoms with Gasteiger partial charge in [0.1, 0.15) is 0 Å². The van der Waals surface area contributed by atoms with Gasteiger partial charge in [-0.25, -0.2) is 4.68 Å². The Kier molecular flexibility index (Phi) is 4.56. The largest absolute Gasteiger partial charge is 0.504 e. The number of aromatic nitrogens is 4. The van der Waals surface area contributed by atoms with E-state index in [1.54, 1.807) is 17.1 Å². The van der Waals surface area contributed by atoms with Gasteiger partial charge in [-0.2, -0.15) is 10.2 Å². The van der Waals surface area contributed by atoms with Gasteiger partial charge in [0, 0.05) is 15.8 Å². The molecular weight excluding hydrogens is 421 g/mol. The highest BCUT2D eigenvalue weighted by atomic mass is 127. The predicted octanol–water partition coefficient (Wildman–Crippen LogP) is 3.21. The number of amides is 1. The van der Waals surface area contributed by atoms with Crippen LogP contribution in [0.2, 0.25) is 0 Å². The summed E-state index contributed by atoms with van der Waals surface area (Å²) in [6, 6.07) is 7.77. The summed E-state index contributed by atoms with van der Waals surface area (Å²) in [5, 5.41) is 21.1. The third kappa shape index (κ3) is 3.28. The topological polar surface area (TPSA) is 85.0 Å². The lowest BCUT2D eigenvalue weighted by atomic mass is 10.3. The maximum absolute atomic E-state index is 12.4. The Morgan fingerprint density at radius 3 is 2.71 bits per heavy atom. The van der Waals surface area contributed by atoms with Crippen LogP contribution in [0.1, 0.15) is 30.4 Å². The number of hydrogen-bond acceptors (Lipinski definition) is 4. The molecule has 8 heteroatoms. The molecule has 2 heterocycles. The van der Waals surface area contributed by atoms with Crippen molar-refractivity contribution < 1.29 is 9.90 Å². The molecule has 1 aromatic carbocycles. The second-order valence-electron chi connectivity index (χ2n) is 5.52. The standard InChI is InChI=1S/C16H16IN5O2/c1-10(2)21-8-11(7-18-21)19-16(24)15-14(23)9-22(20-15)13-6-4-3-5-12(13)17/h3-10,23H,1-2H3,(H,19,24). The first kappa shape index (κ1) is 16.5. The summed E-state index contributed by atoms with van der Waals surface area (Å²) in [7, 11) is 0. The van der Waals surface area contributed by atoms with Crippen molar-refractivity contribution in [1.29, 1.82) is 0 Å².